The fourth-order valence-corrected chi connectivity index (χ4v) is 2.02. The maximum atomic E-state index is 12.4. The van der Waals surface area contributed by atoms with Gasteiger partial charge in [-0.3, -0.25) is 0 Å². The summed E-state index contributed by atoms with van der Waals surface area (Å²) in [4.78, 5) is 0. The van der Waals surface area contributed by atoms with E-state index in [1.807, 2.05) is 13.8 Å². The second-order valence-corrected chi connectivity index (χ2v) is 4.18. The van der Waals surface area contributed by atoms with Gasteiger partial charge in [0.05, 0.1) is 5.92 Å². The highest BCUT2D eigenvalue weighted by Crippen LogP contribution is 2.38. The van der Waals surface area contributed by atoms with Crippen LogP contribution in [-0.4, -0.2) is 12.2 Å². The first-order valence-corrected chi connectivity index (χ1v) is 4.83. The molecule has 4 heteroatoms. The minimum absolute atomic E-state index is 0.00613. The Kier molecular flexibility index (Phi) is 3.24. The van der Waals surface area contributed by atoms with Crippen LogP contribution in [0.1, 0.15) is 20.3 Å². The number of nitrogens with two attached hydrogens (primary N) is 1. The molecule has 0 aromatic rings. The molecule has 1 aliphatic rings. The van der Waals surface area contributed by atoms with Crippen molar-refractivity contribution in [1.29, 1.82) is 0 Å². The molecule has 1 aliphatic carbocycles. The summed E-state index contributed by atoms with van der Waals surface area (Å²) in [5, 5.41) is 0. The topological polar surface area (TPSA) is 26.0 Å². The van der Waals surface area contributed by atoms with E-state index in [2.05, 4.69) is 0 Å². The lowest BCUT2D eigenvalue weighted by atomic mass is 9.77. The van der Waals surface area contributed by atoms with Crippen LogP contribution in [0, 0.1) is 17.8 Å². The molecule has 1 rings (SSSR count). The number of halogens is 3. The predicted molar refractivity (Wildman–Crippen MR) is 49.6 cm³/mol. The van der Waals surface area contributed by atoms with Gasteiger partial charge < -0.3 is 5.73 Å². The number of hydrogen-bond acceptors (Lipinski definition) is 1. The van der Waals surface area contributed by atoms with Gasteiger partial charge in [-0.2, -0.15) is 13.2 Å². The molecule has 1 nitrogen and oxygen atoms in total. The van der Waals surface area contributed by atoms with Gasteiger partial charge in [0.15, 0.2) is 0 Å². The van der Waals surface area contributed by atoms with Gasteiger partial charge in [-0.1, -0.05) is 19.1 Å². The van der Waals surface area contributed by atoms with E-state index in [1.165, 1.54) is 6.08 Å². The Morgan fingerprint density at radius 1 is 1.36 bits per heavy atom. The van der Waals surface area contributed by atoms with E-state index < -0.39 is 12.1 Å². The molecule has 0 spiro atoms. The van der Waals surface area contributed by atoms with E-state index in [9.17, 15) is 13.2 Å². The van der Waals surface area contributed by atoms with Crippen molar-refractivity contribution in [3.8, 4) is 0 Å². The average Bonchev–Trinajstić information content (AvgIpc) is 2.01. The first-order valence-electron chi connectivity index (χ1n) is 4.83. The molecule has 0 radical (unpaired) electrons. The Morgan fingerprint density at radius 3 is 2.29 bits per heavy atom. The molecular weight excluding hydrogens is 191 g/mol. The molecule has 0 aromatic carbocycles. The average molecular weight is 207 g/mol. The Morgan fingerprint density at radius 2 is 1.93 bits per heavy atom. The van der Waals surface area contributed by atoms with Gasteiger partial charge in [-0.15, -0.1) is 0 Å². The van der Waals surface area contributed by atoms with Gasteiger partial charge in [0, 0.05) is 6.04 Å². The van der Waals surface area contributed by atoms with Crippen molar-refractivity contribution in [2.45, 2.75) is 32.5 Å². The van der Waals surface area contributed by atoms with Crippen LogP contribution in [0.3, 0.4) is 0 Å². The number of allylic oxidation sites excluding steroid dienone is 1. The fraction of sp³-hybridized carbons (Fsp3) is 0.800. The highest BCUT2D eigenvalue weighted by atomic mass is 19.4. The molecular formula is C10H16F3N. The van der Waals surface area contributed by atoms with Crippen LogP contribution in [0.2, 0.25) is 0 Å². The van der Waals surface area contributed by atoms with Crippen molar-refractivity contribution in [2.24, 2.45) is 23.5 Å². The van der Waals surface area contributed by atoms with Crippen LogP contribution in [0.15, 0.2) is 12.2 Å². The van der Waals surface area contributed by atoms with Crippen molar-refractivity contribution in [3.63, 3.8) is 0 Å². The van der Waals surface area contributed by atoms with Gasteiger partial charge in [-0.25, -0.2) is 0 Å². The summed E-state index contributed by atoms with van der Waals surface area (Å²) < 4.78 is 37.1. The summed E-state index contributed by atoms with van der Waals surface area (Å²) in [5.41, 5.74) is 5.68. The van der Waals surface area contributed by atoms with E-state index in [4.69, 9.17) is 5.73 Å². The summed E-state index contributed by atoms with van der Waals surface area (Å²) in [5.74, 6) is -1.20. The third-order valence-corrected chi connectivity index (χ3v) is 2.88. The standard InChI is InChI=1S/C10H16F3N/c1-6-5-8(10(11,12)13)3-4-9(6)7(2)14/h3-4,6-9H,5,14H2,1-2H3/t6-,7?,8?,9?/m1/s1. The minimum Gasteiger partial charge on any atom is -0.327 e. The highest BCUT2D eigenvalue weighted by Gasteiger charge is 2.41. The first-order chi connectivity index (χ1) is 6.32. The molecule has 0 bridgehead atoms. The van der Waals surface area contributed by atoms with Crippen LogP contribution >= 0.6 is 0 Å². The van der Waals surface area contributed by atoms with Crippen LogP contribution < -0.4 is 5.73 Å². The lowest BCUT2D eigenvalue weighted by Gasteiger charge is -2.32. The van der Waals surface area contributed by atoms with Gasteiger partial charge in [0.25, 0.3) is 0 Å². The quantitative estimate of drug-likeness (QED) is 0.657. The molecule has 3 unspecified atom stereocenters. The third kappa shape index (κ3) is 2.50. The summed E-state index contributed by atoms with van der Waals surface area (Å²) in [7, 11) is 0. The Bertz CT molecular complexity index is 220. The van der Waals surface area contributed by atoms with Crippen molar-refractivity contribution in [1.82, 2.24) is 0 Å². The molecule has 0 aromatic heterocycles. The lowest BCUT2D eigenvalue weighted by molar-refractivity contribution is -0.167. The van der Waals surface area contributed by atoms with Gasteiger partial charge in [0.1, 0.15) is 0 Å². The molecule has 0 aliphatic heterocycles. The Balaban J connectivity index is 2.72. The van der Waals surface area contributed by atoms with Crippen LogP contribution in [0.4, 0.5) is 13.2 Å². The van der Waals surface area contributed by atoms with E-state index in [1.54, 1.807) is 6.08 Å². The molecule has 0 saturated carbocycles. The highest BCUT2D eigenvalue weighted by molar-refractivity contribution is 5.04. The normalized spacial score (nSPS) is 35.7. The van der Waals surface area contributed by atoms with Gasteiger partial charge in [-0.05, 0) is 25.2 Å². The maximum absolute atomic E-state index is 12.4. The minimum atomic E-state index is -4.10. The van der Waals surface area contributed by atoms with Crippen molar-refractivity contribution < 1.29 is 13.2 Å². The fourth-order valence-electron chi connectivity index (χ4n) is 2.02. The molecule has 14 heavy (non-hydrogen) atoms. The van der Waals surface area contributed by atoms with E-state index in [-0.39, 0.29) is 24.3 Å². The van der Waals surface area contributed by atoms with Gasteiger partial charge >= 0.3 is 6.18 Å². The third-order valence-electron chi connectivity index (χ3n) is 2.88. The number of rotatable bonds is 1. The molecule has 0 heterocycles. The lowest BCUT2D eigenvalue weighted by Crippen LogP contribution is -2.36. The summed E-state index contributed by atoms with van der Waals surface area (Å²) in [6, 6.07) is -0.0737. The van der Waals surface area contributed by atoms with Gasteiger partial charge in [0.2, 0.25) is 0 Å². The zero-order valence-electron chi connectivity index (χ0n) is 8.38. The maximum Gasteiger partial charge on any atom is 0.395 e. The second kappa shape index (κ2) is 3.93. The Hall–Kier alpha value is -0.510. The number of hydrogen-bond donors (Lipinski definition) is 1. The van der Waals surface area contributed by atoms with Crippen molar-refractivity contribution >= 4 is 0 Å². The molecule has 2 N–H and O–H groups in total. The van der Waals surface area contributed by atoms with Crippen LogP contribution in [-0.2, 0) is 0 Å². The molecule has 0 saturated heterocycles. The predicted octanol–water partition coefficient (Wildman–Crippen LogP) is 2.72. The largest absolute Gasteiger partial charge is 0.395 e. The van der Waals surface area contributed by atoms with Crippen molar-refractivity contribution in [2.75, 3.05) is 0 Å². The summed E-state index contributed by atoms with van der Waals surface area (Å²) >= 11 is 0. The van der Waals surface area contributed by atoms with E-state index in [0.717, 1.165) is 0 Å². The smallest absolute Gasteiger partial charge is 0.327 e. The first kappa shape index (κ1) is 11.6. The second-order valence-electron chi connectivity index (χ2n) is 4.18. The molecule has 0 amide bonds. The molecule has 82 valence electrons. The summed E-state index contributed by atoms with van der Waals surface area (Å²) in [6.07, 6.45) is -1.06. The zero-order chi connectivity index (χ0) is 10.9. The molecule has 0 fully saturated rings. The van der Waals surface area contributed by atoms with Crippen LogP contribution in [0.5, 0.6) is 0 Å². The van der Waals surface area contributed by atoms with Crippen molar-refractivity contribution in [3.05, 3.63) is 12.2 Å². The molecule has 4 atom stereocenters. The Labute approximate surface area is 82.2 Å². The zero-order valence-corrected chi connectivity index (χ0v) is 8.38. The van der Waals surface area contributed by atoms with Crippen LogP contribution in [0.25, 0.3) is 0 Å². The number of alkyl halides is 3. The van der Waals surface area contributed by atoms with E-state index >= 15 is 0 Å². The summed E-state index contributed by atoms with van der Waals surface area (Å²) in [6.45, 7) is 3.66. The SMILES string of the molecule is CC(N)C1C=CC(C(F)(F)F)C[C@H]1C. The van der Waals surface area contributed by atoms with E-state index in [0.29, 0.717) is 0 Å². The monoisotopic (exact) mass is 207 g/mol.